The van der Waals surface area contributed by atoms with Crippen molar-refractivity contribution in [2.45, 2.75) is 123 Å². The Morgan fingerprint density at radius 2 is 1.07 bits per heavy atom. The lowest BCUT2D eigenvalue weighted by atomic mass is 9.69. The highest BCUT2D eigenvalue weighted by atomic mass is 16.5. The zero-order chi connectivity index (χ0) is 19.1. The second-order valence-corrected chi connectivity index (χ2v) is 10.2. The minimum atomic E-state index is -0.0993. The van der Waals surface area contributed by atoms with Gasteiger partial charge < -0.3 is 4.74 Å². The molecule has 0 spiro atoms. The second kappa shape index (κ2) is 10.9. The standard InChI is InChI=1S/C25H44O2/c1-3-4-20-5-7-21(8-6-20)9-10-22-11-13-23(14-12-22)24-15-17-25(18-16-24)27-19(2)26/h20-25H,3-18H2,1-2H3/t20-,21-,22?,23?,24?,25?. The number of esters is 1. The van der Waals surface area contributed by atoms with E-state index in [0.717, 1.165) is 42.4 Å². The molecule has 0 amide bonds. The van der Waals surface area contributed by atoms with Crippen LogP contribution < -0.4 is 0 Å². The number of hydrogen-bond acceptors (Lipinski definition) is 2. The van der Waals surface area contributed by atoms with Crippen LogP contribution in [0, 0.1) is 29.6 Å². The van der Waals surface area contributed by atoms with Gasteiger partial charge in [0.15, 0.2) is 0 Å². The minimum Gasteiger partial charge on any atom is -0.463 e. The fraction of sp³-hybridized carbons (Fsp3) is 0.960. The van der Waals surface area contributed by atoms with Crippen molar-refractivity contribution in [2.24, 2.45) is 29.6 Å². The van der Waals surface area contributed by atoms with E-state index >= 15 is 0 Å². The van der Waals surface area contributed by atoms with Crippen LogP contribution in [0.1, 0.15) is 117 Å². The summed E-state index contributed by atoms with van der Waals surface area (Å²) in [7, 11) is 0. The number of ether oxygens (including phenoxy) is 1. The Hall–Kier alpha value is -0.530. The molecule has 0 saturated heterocycles. The van der Waals surface area contributed by atoms with Gasteiger partial charge in [-0.2, -0.15) is 0 Å². The van der Waals surface area contributed by atoms with Crippen LogP contribution in [-0.4, -0.2) is 12.1 Å². The van der Waals surface area contributed by atoms with Crippen LogP contribution in [0.5, 0.6) is 0 Å². The van der Waals surface area contributed by atoms with Crippen molar-refractivity contribution in [3.8, 4) is 0 Å². The van der Waals surface area contributed by atoms with Crippen LogP contribution in [0.3, 0.4) is 0 Å². The van der Waals surface area contributed by atoms with E-state index in [2.05, 4.69) is 6.92 Å². The molecule has 0 aromatic carbocycles. The van der Waals surface area contributed by atoms with Crippen molar-refractivity contribution in [2.75, 3.05) is 0 Å². The monoisotopic (exact) mass is 376 g/mol. The molecule has 0 radical (unpaired) electrons. The molecule has 0 N–H and O–H groups in total. The molecule has 156 valence electrons. The predicted octanol–water partition coefficient (Wildman–Crippen LogP) is 7.30. The summed E-state index contributed by atoms with van der Waals surface area (Å²) in [4.78, 5) is 11.1. The Bertz CT molecular complexity index is 422. The van der Waals surface area contributed by atoms with E-state index in [-0.39, 0.29) is 12.1 Å². The lowest BCUT2D eigenvalue weighted by Gasteiger charge is -2.38. The van der Waals surface area contributed by atoms with E-state index in [1.54, 1.807) is 6.92 Å². The molecule has 3 rings (SSSR count). The Morgan fingerprint density at radius 1 is 0.667 bits per heavy atom. The van der Waals surface area contributed by atoms with Gasteiger partial charge in [-0.05, 0) is 68.1 Å². The third-order valence-corrected chi connectivity index (χ3v) is 8.26. The molecule has 0 heterocycles. The van der Waals surface area contributed by atoms with Gasteiger partial charge in [0.2, 0.25) is 0 Å². The number of hydrogen-bond donors (Lipinski definition) is 0. The van der Waals surface area contributed by atoms with Crippen LogP contribution >= 0.6 is 0 Å². The maximum atomic E-state index is 11.1. The van der Waals surface area contributed by atoms with Crippen molar-refractivity contribution in [1.29, 1.82) is 0 Å². The van der Waals surface area contributed by atoms with Crippen LogP contribution in [-0.2, 0) is 9.53 Å². The predicted molar refractivity (Wildman–Crippen MR) is 113 cm³/mol. The van der Waals surface area contributed by atoms with Gasteiger partial charge in [-0.15, -0.1) is 0 Å². The summed E-state index contributed by atoms with van der Waals surface area (Å²) in [5, 5.41) is 0. The molecule has 2 heteroatoms. The summed E-state index contributed by atoms with van der Waals surface area (Å²) < 4.78 is 5.41. The molecule has 0 bridgehead atoms. The summed E-state index contributed by atoms with van der Waals surface area (Å²) in [5.74, 6) is 4.89. The first-order valence-corrected chi connectivity index (χ1v) is 12.3. The zero-order valence-electron chi connectivity index (χ0n) is 18.1. The summed E-state index contributed by atoms with van der Waals surface area (Å²) in [6.07, 6.45) is 22.8. The SMILES string of the molecule is CCC[C@H]1CC[C@H](CCC2CCC(C3CCC(OC(C)=O)CC3)CC2)CC1. The van der Waals surface area contributed by atoms with Crippen molar-refractivity contribution in [1.82, 2.24) is 0 Å². The largest absolute Gasteiger partial charge is 0.463 e. The number of carbonyl (C=O) groups is 1. The van der Waals surface area contributed by atoms with E-state index in [9.17, 15) is 4.79 Å². The lowest BCUT2D eigenvalue weighted by Crippen LogP contribution is -2.29. The lowest BCUT2D eigenvalue weighted by molar-refractivity contribution is -0.148. The summed E-state index contributed by atoms with van der Waals surface area (Å²) >= 11 is 0. The summed E-state index contributed by atoms with van der Waals surface area (Å²) in [5.41, 5.74) is 0. The number of rotatable bonds is 7. The van der Waals surface area contributed by atoms with E-state index < -0.39 is 0 Å². The third kappa shape index (κ3) is 6.79. The van der Waals surface area contributed by atoms with E-state index in [4.69, 9.17) is 4.74 Å². The molecular formula is C25H44O2. The van der Waals surface area contributed by atoms with Gasteiger partial charge in [0.1, 0.15) is 6.10 Å². The highest BCUT2D eigenvalue weighted by Gasteiger charge is 2.32. The molecule has 3 aliphatic carbocycles. The summed E-state index contributed by atoms with van der Waals surface area (Å²) in [6.45, 7) is 3.89. The maximum Gasteiger partial charge on any atom is 0.302 e. The molecule has 0 aromatic heterocycles. The van der Waals surface area contributed by atoms with Crippen LogP contribution in [0.4, 0.5) is 0 Å². The molecule has 0 unspecified atom stereocenters. The van der Waals surface area contributed by atoms with Gasteiger partial charge in [-0.1, -0.05) is 71.1 Å². The van der Waals surface area contributed by atoms with Gasteiger partial charge in [0.05, 0.1) is 0 Å². The first-order valence-electron chi connectivity index (χ1n) is 12.3. The van der Waals surface area contributed by atoms with Crippen molar-refractivity contribution in [3.05, 3.63) is 0 Å². The second-order valence-electron chi connectivity index (χ2n) is 10.2. The van der Waals surface area contributed by atoms with Crippen LogP contribution in [0.2, 0.25) is 0 Å². The first kappa shape index (κ1) is 21.2. The zero-order valence-corrected chi connectivity index (χ0v) is 18.1. The molecular weight excluding hydrogens is 332 g/mol. The third-order valence-electron chi connectivity index (χ3n) is 8.26. The topological polar surface area (TPSA) is 26.3 Å². The molecule has 0 atom stereocenters. The Balaban J connectivity index is 1.28. The van der Waals surface area contributed by atoms with E-state index in [0.29, 0.717) is 0 Å². The Morgan fingerprint density at radius 3 is 1.52 bits per heavy atom. The van der Waals surface area contributed by atoms with E-state index in [1.807, 2.05) is 0 Å². The highest BCUT2D eigenvalue weighted by molar-refractivity contribution is 5.66. The average molecular weight is 377 g/mol. The first-order chi connectivity index (χ1) is 13.1. The van der Waals surface area contributed by atoms with Gasteiger partial charge in [-0.3, -0.25) is 4.79 Å². The molecule has 0 aliphatic heterocycles. The Labute approximate surface area is 168 Å². The van der Waals surface area contributed by atoms with Gasteiger partial charge in [0.25, 0.3) is 0 Å². The van der Waals surface area contributed by atoms with Gasteiger partial charge in [-0.25, -0.2) is 0 Å². The molecule has 2 nitrogen and oxygen atoms in total. The minimum absolute atomic E-state index is 0.0993. The molecule has 3 saturated carbocycles. The summed E-state index contributed by atoms with van der Waals surface area (Å²) in [6, 6.07) is 0. The van der Waals surface area contributed by atoms with Crippen molar-refractivity contribution < 1.29 is 9.53 Å². The van der Waals surface area contributed by atoms with Crippen LogP contribution in [0.15, 0.2) is 0 Å². The smallest absolute Gasteiger partial charge is 0.302 e. The van der Waals surface area contributed by atoms with Gasteiger partial charge in [0, 0.05) is 6.92 Å². The molecule has 27 heavy (non-hydrogen) atoms. The van der Waals surface area contributed by atoms with Gasteiger partial charge >= 0.3 is 5.97 Å². The molecule has 3 fully saturated rings. The van der Waals surface area contributed by atoms with Crippen LogP contribution in [0.25, 0.3) is 0 Å². The molecule has 0 aromatic rings. The fourth-order valence-corrected chi connectivity index (χ4v) is 6.55. The van der Waals surface area contributed by atoms with Crippen molar-refractivity contribution in [3.63, 3.8) is 0 Å². The van der Waals surface area contributed by atoms with Crippen molar-refractivity contribution >= 4 is 5.97 Å². The highest BCUT2D eigenvalue weighted by Crippen LogP contribution is 2.42. The number of carbonyl (C=O) groups excluding carboxylic acids is 1. The normalized spacial score (nSPS) is 37.7. The average Bonchev–Trinajstić information content (AvgIpc) is 2.68. The quantitative estimate of drug-likeness (QED) is 0.436. The Kier molecular flexibility index (Phi) is 8.52. The fourth-order valence-electron chi connectivity index (χ4n) is 6.55. The van der Waals surface area contributed by atoms with E-state index in [1.165, 1.54) is 89.9 Å². The maximum absolute atomic E-state index is 11.1. The molecule has 3 aliphatic rings.